The summed E-state index contributed by atoms with van der Waals surface area (Å²) < 4.78 is 0.936. The van der Waals surface area contributed by atoms with Gasteiger partial charge in [-0.25, -0.2) is 0 Å². The van der Waals surface area contributed by atoms with Gasteiger partial charge in [0.15, 0.2) is 0 Å². The average Bonchev–Trinajstić information content (AvgIpc) is 3.49. The molecular weight excluding hydrogens is 410 g/mol. The van der Waals surface area contributed by atoms with Gasteiger partial charge in [0.05, 0.1) is 0 Å². The molecule has 0 spiro atoms. The van der Waals surface area contributed by atoms with E-state index in [4.69, 9.17) is 0 Å². The maximum atomic E-state index is 12.1. The molecule has 0 atom stereocenters. The fourth-order valence-electron chi connectivity index (χ4n) is 2.44. The van der Waals surface area contributed by atoms with Gasteiger partial charge in [0.2, 0.25) is 11.8 Å². The third-order valence-electron chi connectivity index (χ3n) is 4.13. The molecule has 6 nitrogen and oxygen atoms in total. The Balaban J connectivity index is 1.41. The first-order valence-electron chi connectivity index (χ1n) is 8.76. The monoisotopic (exact) mass is 429 g/mol. The first-order valence-corrected chi connectivity index (χ1v) is 9.55. The van der Waals surface area contributed by atoms with Crippen LogP contribution in [0.1, 0.15) is 29.6 Å². The molecule has 0 aromatic heterocycles. The van der Waals surface area contributed by atoms with Gasteiger partial charge in [0.1, 0.15) is 0 Å². The molecular formula is C20H20BrN3O3. The third kappa shape index (κ3) is 5.92. The first kappa shape index (κ1) is 19.1. The van der Waals surface area contributed by atoms with E-state index < -0.39 is 0 Å². The van der Waals surface area contributed by atoms with Gasteiger partial charge in [-0.3, -0.25) is 14.4 Å². The largest absolute Gasteiger partial charge is 0.352 e. The molecule has 0 saturated heterocycles. The maximum absolute atomic E-state index is 12.1. The maximum Gasteiger partial charge on any atom is 0.251 e. The van der Waals surface area contributed by atoms with Crippen LogP contribution in [0.2, 0.25) is 0 Å². The van der Waals surface area contributed by atoms with Crippen molar-refractivity contribution in [2.45, 2.75) is 19.3 Å². The number of carbonyl (C=O) groups excluding carboxylic acids is 3. The van der Waals surface area contributed by atoms with E-state index in [-0.39, 0.29) is 36.6 Å². The molecule has 3 N–H and O–H groups in total. The van der Waals surface area contributed by atoms with Crippen LogP contribution in [0.15, 0.2) is 53.0 Å². The Hall–Kier alpha value is -2.67. The molecule has 0 bridgehead atoms. The Kier molecular flexibility index (Phi) is 6.24. The normalized spacial score (nSPS) is 12.9. The fraction of sp³-hybridized carbons (Fsp3) is 0.250. The number of amides is 3. The van der Waals surface area contributed by atoms with E-state index in [1.54, 1.807) is 36.4 Å². The minimum absolute atomic E-state index is 0.0315. The Morgan fingerprint density at radius 3 is 2.11 bits per heavy atom. The van der Waals surface area contributed by atoms with Crippen molar-refractivity contribution in [3.63, 3.8) is 0 Å². The lowest BCUT2D eigenvalue weighted by Crippen LogP contribution is -2.27. The Morgan fingerprint density at radius 2 is 1.48 bits per heavy atom. The number of rotatable bonds is 7. The van der Waals surface area contributed by atoms with Crippen LogP contribution >= 0.6 is 15.9 Å². The number of halogens is 1. The number of benzene rings is 2. The van der Waals surface area contributed by atoms with E-state index in [1.165, 1.54) is 0 Å². The predicted octanol–water partition coefficient (Wildman–Crippen LogP) is 3.56. The van der Waals surface area contributed by atoms with Crippen LogP contribution in [0.25, 0.3) is 0 Å². The SMILES string of the molecule is O=C(CCNC(=O)c1ccc(NC(=O)C2CC2)cc1)Nc1ccc(Br)cc1. The molecule has 7 heteroatoms. The second-order valence-corrected chi connectivity index (χ2v) is 7.32. The second kappa shape index (κ2) is 8.81. The molecule has 2 aromatic rings. The summed E-state index contributed by atoms with van der Waals surface area (Å²) >= 11 is 3.34. The predicted molar refractivity (Wildman–Crippen MR) is 108 cm³/mol. The number of carbonyl (C=O) groups is 3. The number of hydrogen-bond acceptors (Lipinski definition) is 3. The van der Waals surface area contributed by atoms with E-state index in [0.29, 0.717) is 16.9 Å². The van der Waals surface area contributed by atoms with Crippen LogP contribution < -0.4 is 16.0 Å². The zero-order chi connectivity index (χ0) is 19.2. The van der Waals surface area contributed by atoms with Crippen molar-refractivity contribution in [2.24, 2.45) is 5.92 Å². The average molecular weight is 430 g/mol. The van der Waals surface area contributed by atoms with Gasteiger partial charge in [0.25, 0.3) is 5.91 Å². The summed E-state index contributed by atoms with van der Waals surface area (Å²) in [5.41, 5.74) is 1.86. The second-order valence-electron chi connectivity index (χ2n) is 6.40. The summed E-state index contributed by atoms with van der Waals surface area (Å²) in [6, 6.07) is 14.0. The molecule has 3 amide bonds. The van der Waals surface area contributed by atoms with E-state index >= 15 is 0 Å². The molecule has 0 radical (unpaired) electrons. The van der Waals surface area contributed by atoms with Crippen molar-refractivity contribution in [3.05, 3.63) is 58.6 Å². The summed E-state index contributed by atoms with van der Waals surface area (Å²) in [6.07, 6.45) is 2.07. The smallest absolute Gasteiger partial charge is 0.251 e. The minimum Gasteiger partial charge on any atom is -0.352 e. The van der Waals surface area contributed by atoms with Gasteiger partial charge in [-0.05, 0) is 61.4 Å². The Bertz CT molecular complexity index is 831. The Morgan fingerprint density at radius 1 is 0.889 bits per heavy atom. The topological polar surface area (TPSA) is 87.3 Å². The van der Waals surface area contributed by atoms with E-state index in [1.807, 2.05) is 12.1 Å². The van der Waals surface area contributed by atoms with Crippen LogP contribution in [-0.2, 0) is 9.59 Å². The molecule has 0 aliphatic heterocycles. The molecule has 1 fully saturated rings. The summed E-state index contributed by atoms with van der Waals surface area (Å²) in [6.45, 7) is 0.237. The van der Waals surface area contributed by atoms with Crippen molar-refractivity contribution in [2.75, 3.05) is 17.2 Å². The highest BCUT2D eigenvalue weighted by atomic mass is 79.9. The lowest BCUT2D eigenvalue weighted by molar-refractivity contribution is -0.117. The van der Waals surface area contributed by atoms with Gasteiger partial charge < -0.3 is 16.0 Å². The Labute approximate surface area is 165 Å². The van der Waals surface area contributed by atoms with Crippen molar-refractivity contribution in [3.8, 4) is 0 Å². The number of hydrogen-bond donors (Lipinski definition) is 3. The number of nitrogens with one attached hydrogen (secondary N) is 3. The lowest BCUT2D eigenvalue weighted by Gasteiger charge is -2.08. The van der Waals surface area contributed by atoms with Gasteiger partial charge in [-0.15, -0.1) is 0 Å². The molecule has 140 valence electrons. The summed E-state index contributed by atoms with van der Waals surface area (Å²) in [4.78, 5) is 35.8. The van der Waals surface area contributed by atoms with E-state index in [0.717, 1.165) is 17.3 Å². The van der Waals surface area contributed by atoms with Gasteiger partial charge >= 0.3 is 0 Å². The van der Waals surface area contributed by atoms with Gasteiger partial charge in [-0.1, -0.05) is 15.9 Å². The summed E-state index contributed by atoms with van der Waals surface area (Å²) in [7, 11) is 0. The van der Waals surface area contributed by atoms with Crippen molar-refractivity contribution >= 4 is 45.0 Å². The van der Waals surface area contributed by atoms with Crippen LogP contribution in [0, 0.1) is 5.92 Å². The minimum atomic E-state index is -0.258. The van der Waals surface area contributed by atoms with Crippen molar-refractivity contribution in [1.29, 1.82) is 0 Å². The van der Waals surface area contributed by atoms with Crippen LogP contribution in [0.4, 0.5) is 11.4 Å². The fourth-order valence-corrected chi connectivity index (χ4v) is 2.71. The standard InChI is InChI=1S/C20H20BrN3O3/c21-15-5-9-16(10-6-15)23-18(25)11-12-22-19(26)13-3-7-17(8-4-13)24-20(27)14-1-2-14/h3-10,14H,1-2,11-12H2,(H,22,26)(H,23,25)(H,24,27). The van der Waals surface area contributed by atoms with Crippen molar-refractivity contribution in [1.82, 2.24) is 5.32 Å². The van der Waals surface area contributed by atoms with Crippen LogP contribution in [-0.4, -0.2) is 24.3 Å². The zero-order valence-corrected chi connectivity index (χ0v) is 16.2. The lowest BCUT2D eigenvalue weighted by atomic mass is 10.2. The molecule has 0 heterocycles. The molecule has 0 unspecified atom stereocenters. The third-order valence-corrected chi connectivity index (χ3v) is 4.66. The summed E-state index contributed by atoms with van der Waals surface area (Å²) in [5.74, 6) is -0.261. The zero-order valence-electron chi connectivity index (χ0n) is 14.6. The molecule has 2 aromatic carbocycles. The van der Waals surface area contributed by atoms with Gasteiger partial charge in [-0.2, -0.15) is 0 Å². The van der Waals surface area contributed by atoms with Gasteiger partial charge in [0, 0.05) is 40.3 Å². The number of anilines is 2. The highest BCUT2D eigenvalue weighted by Crippen LogP contribution is 2.30. The van der Waals surface area contributed by atoms with Crippen LogP contribution in [0.5, 0.6) is 0 Å². The highest BCUT2D eigenvalue weighted by Gasteiger charge is 2.29. The molecule has 3 rings (SSSR count). The van der Waals surface area contributed by atoms with E-state index in [9.17, 15) is 14.4 Å². The molecule has 27 heavy (non-hydrogen) atoms. The summed E-state index contributed by atoms with van der Waals surface area (Å²) in [5, 5.41) is 8.32. The first-order chi connectivity index (χ1) is 13.0. The van der Waals surface area contributed by atoms with E-state index in [2.05, 4.69) is 31.9 Å². The molecule has 1 aliphatic carbocycles. The highest BCUT2D eigenvalue weighted by molar-refractivity contribution is 9.10. The molecule has 1 aliphatic rings. The quantitative estimate of drug-likeness (QED) is 0.628. The molecule has 1 saturated carbocycles. The van der Waals surface area contributed by atoms with Crippen molar-refractivity contribution < 1.29 is 14.4 Å². The van der Waals surface area contributed by atoms with Crippen LogP contribution in [0.3, 0.4) is 0 Å².